The molecular weight excluding hydrogens is 430 g/mol. The molecule has 0 atom stereocenters. The Morgan fingerprint density at radius 1 is 0.941 bits per heavy atom. The minimum atomic E-state index is -0.188. The third-order valence-corrected chi connectivity index (χ3v) is 5.37. The van der Waals surface area contributed by atoms with Gasteiger partial charge in [0.25, 0.3) is 5.91 Å². The molecule has 0 saturated carbocycles. The largest absolute Gasteiger partial charge is 0.484 e. The molecule has 5 aromatic rings. The van der Waals surface area contributed by atoms with Crippen LogP contribution in [0.1, 0.15) is 22.8 Å². The summed E-state index contributed by atoms with van der Waals surface area (Å²) in [5, 5.41) is 10.5. The molecule has 0 aliphatic carbocycles. The highest BCUT2D eigenvalue weighted by atomic mass is 16.5. The highest BCUT2D eigenvalue weighted by Crippen LogP contribution is 2.18. The average molecular weight is 454 g/mol. The quantitative estimate of drug-likeness (QED) is 0.181. The number of aromatic amines is 2. The van der Waals surface area contributed by atoms with E-state index in [9.17, 15) is 4.79 Å². The first-order chi connectivity index (χ1) is 16.5. The molecule has 5 rings (SSSR count). The number of nitrogens with two attached hydrogens (primary N) is 1. The smallest absolute Gasteiger partial charge is 0.258 e. The average Bonchev–Trinajstić information content (AvgIpc) is 3.43. The Morgan fingerprint density at radius 2 is 1.62 bits per heavy atom. The molecule has 2 aromatic heterocycles. The first-order valence-electron chi connectivity index (χ1n) is 10.8. The summed E-state index contributed by atoms with van der Waals surface area (Å²) in [7, 11) is 0. The fourth-order valence-corrected chi connectivity index (χ4v) is 3.69. The van der Waals surface area contributed by atoms with Crippen molar-refractivity contribution in [3.8, 4) is 5.75 Å². The van der Waals surface area contributed by atoms with Gasteiger partial charge in [-0.2, -0.15) is 0 Å². The molecule has 0 spiro atoms. The maximum absolute atomic E-state index is 12.1. The minimum absolute atomic E-state index is 0.0195. The number of benzene rings is 3. The summed E-state index contributed by atoms with van der Waals surface area (Å²) in [5.41, 5.74) is 10.5. The standard InChI is InChI=1S/C25H23N7O2/c26-25(27)16-7-9-19-21(11-16)32-23(30-19)12-22-29-18-8-6-15(10-20(18)31-22)13-28-24(33)14-34-17-4-2-1-3-5-17/h1-11H,12-14H2,(H3,26,27)(H,28,33)(H,29,31)(H,30,32). The number of aromatic nitrogens is 4. The molecule has 34 heavy (non-hydrogen) atoms. The third-order valence-electron chi connectivity index (χ3n) is 5.37. The first kappa shape index (κ1) is 21.2. The van der Waals surface area contributed by atoms with E-state index in [1.54, 1.807) is 6.07 Å². The SMILES string of the molecule is N=C(N)c1ccc2nc(Cc3nc4ccc(CNC(=O)COc5ccccc5)cc4[nH]3)[nH]c2c1. The fraction of sp³-hybridized carbons (Fsp3) is 0.120. The Morgan fingerprint density at radius 3 is 2.32 bits per heavy atom. The molecule has 6 N–H and O–H groups in total. The molecule has 3 aromatic carbocycles. The number of hydrogen-bond donors (Lipinski definition) is 5. The summed E-state index contributed by atoms with van der Waals surface area (Å²) in [6.07, 6.45) is 0.502. The Bertz CT molecular complexity index is 1490. The minimum Gasteiger partial charge on any atom is -0.484 e. The van der Waals surface area contributed by atoms with Crippen LogP contribution in [0.3, 0.4) is 0 Å². The predicted molar refractivity (Wildman–Crippen MR) is 130 cm³/mol. The predicted octanol–water partition coefficient (Wildman–Crippen LogP) is 3.01. The Labute approximate surface area is 194 Å². The number of H-pyrrole nitrogens is 2. The van der Waals surface area contributed by atoms with Crippen LogP contribution in [-0.2, 0) is 17.8 Å². The van der Waals surface area contributed by atoms with Crippen molar-refractivity contribution in [1.82, 2.24) is 25.3 Å². The fourth-order valence-electron chi connectivity index (χ4n) is 3.69. The molecular formula is C25H23N7O2. The van der Waals surface area contributed by atoms with Gasteiger partial charge in [0.05, 0.1) is 28.5 Å². The first-order valence-corrected chi connectivity index (χ1v) is 10.8. The van der Waals surface area contributed by atoms with Crippen LogP contribution in [0.2, 0.25) is 0 Å². The summed E-state index contributed by atoms with van der Waals surface area (Å²) in [4.78, 5) is 28.0. The van der Waals surface area contributed by atoms with Gasteiger partial charge in [-0.1, -0.05) is 24.3 Å². The Kier molecular flexibility index (Phi) is 5.65. The van der Waals surface area contributed by atoms with Crippen LogP contribution in [0, 0.1) is 5.41 Å². The van der Waals surface area contributed by atoms with Gasteiger partial charge >= 0.3 is 0 Å². The maximum Gasteiger partial charge on any atom is 0.258 e. The monoisotopic (exact) mass is 453 g/mol. The Balaban J connectivity index is 1.22. The zero-order valence-electron chi connectivity index (χ0n) is 18.3. The van der Waals surface area contributed by atoms with Gasteiger partial charge in [-0.15, -0.1) is 0 Å². The lowest BCUT2D eigenvalue weighted by Gasteiger charge is -2.07. The van der Waals surface area contributed by atoms with Crippen molar-refractivity contribution >= 4 is 33.8 Å². The van der Waals surface area contributed by atoms with Gasteiger partial charge in [0.1, 0.15) is 23.2 Å². The topological polar surface area (TPSA) is 146 Å². The van der Waals surface area contributed by atoms with Crippen molar-refractivity contribution in [3.63, 3.8) is 0 Å². The van der Waals surface area contributed by atoms with E-state index in [2.05, 4.69) is 25.3 Å². The van der Waals surface area contributed by atoms with E-state index in [1.165, 1.54) is 0 Å². The molecule has 9 nitrogen and oxygen atoms in total. The zero-order valence-corrected chi connectivity index (χ0v) is 18.3. The van der Waals surface area contributed by atoms with Gasteiger partial charge in [0.2, 0.25) is 0 Å². The molecule has 0 radical (unpaired) electrons. The van der Waals surface area contributed by atoms with Crippen LogP contribution in [0.4, 0.5) is 0 Å². The van der Waals surface area contributed by atoms with E-state index < -0.39 is 0 Å². The second-order valence-corrected chi connectivity index (χ2v) is 7.92. The third kappa shape index (κ3) is 4.73. The zero-order chi connectivity index (χ0) is 23.5. The number of fused-ring (bicyclic) bond motifs is 2. The van der Waals surface area contributed by atoms with Crippen LogP contribution in [0.25, 0.3) is 22.1 Å². The van der Waals surface area contributed by atoms with Crippen molar-refractivity contribution in [2.24, 2.45) is 5.73 Å². The molecule has 0 fully saturated rings. The molecule has 9 heteroatoms. The van der Waals surface area contributed by atoms with E-state index in [1.807, 2.05) is 60.7 Å². The Hall–Kier alpha value is -4.66. The van der Waals surface area contributed by atoms with Crippen molar-refractivity contribution in [1.29, 1.82) is 5.41 Å². The summed E-state index contributed by atoms with van der Waals surface area (Å²) < 4.78 is 5.47. The van der Waals surface area contributed by atoms with E-state index >= 15 is 0 Å². The lowest BCUT2D eigenvalue weighted by atomic mass is 10.2. The number of imidazole rings is 2. The summed E-state index contributed by atoms with van der Waals surface area (Å²) in [6.45, 7) is 0.356. The number of para-hydroxylation sites is 1. The van der Waals surface area contributed by atoms with Crippen LogP contribution in [-0.4, -0.2) is 38.3 Å². The maximum atomic E-state index is 12.1. The highest BCUT2D eigenvalue weighted by molar-refractivity contribution is 5.97. The highest BCUT2D eigenvalue weighted by Gasteiger charge is 2.10. The van der Waals surface area contributed by atoms with Crippen LogP contribution in [0.15, 0.2) is 66.7 Å². The summed E-state index contributed by atoms with van der Waals surface area (Å²) in [6, 6.07) is 20.5. The van der Waals surface area contributed by atoms with Gasteiger partial charge in [-0.05, 0) is 48.0 Å². The number of carbonyl (C=O) groups is 1. The van der Waals surface area contributed by atoms with Crippen LogP contribution < -0.4 is 15.8 Å². The van der Waals surface area contributed by atoms with Crippen molar-refractivity contribution < 1.29 is 9.53 Å². The van der Waals surface area contributed by atoms with Gasteiger partial charge in [-0.3, -0.25) is 10.2 Å². The molecule has 0 aliphatic rings. The molecule has 170 valence electrons. The van der Waals surface area contributed by atoms with Crippen molar-refractivity contribution in [3.05, 3.63) is 89.5 Å². The van der Waals surface area contributed by atoms with Gasteiger partial charge in [-0.25, -0.2) is 9.97 Å². The van der Waals surface area contributed by atoms with E-state index in [4.69, 9.17) is 15.9 Å². The molecule has 0 saturated heterocycles. The van der Waals surface area contributed by atoms with Crippen LogP contribution >= 0.6 is 0 Å². The molecule has 0 unspecified atom stereocenters. The van der Waals surface area contributed by atoms with Gasteiger partial charge in [0, 0.05) is 12.1 Å². The summed E-state index contributed by atoms with van der Waals surface area (Å²) >= 11 is 0. The van der Waals surface area contributed by atoms with Gasteiger partial charge < -0.3 is 25.8 Å². The van der Waals surface area contributed by atoms with E-state index in [0.717, 1.165) is 39.3 Å². The van der Waals surface area contributed by atoms with Gasteiger partial charge in [0.15, 0.2) is 6.61 Å². The van der Waals surface area contributed by atoms with Crippen molar-refractivity contribution in [2.45, 2.75) is 13.0 Å². The van der Waals surface area contributed by atoms with Crippen molar-refractivity contribution in [2.75, 3.05) is 6.61 Å². The number of amides is 1. The number of nitrogens with zero attached hydrogens (tertiary/aromatic N) is 2. The number of rotatable bonds is 8. The molecule has 1 amide bonds. The number of ether oxygens (including phenoxy) is 1. The lowest BCUT2D eigenvalue weighted by molar-refractivity contribution is -0.123. The van der Waals surface area contributed by atoms with Crippen LogP contribution in [0.5, 0.6) is 5.75 Å². The molecule has 0 bridgehead atoms. The number of hydrogen-bond acceptors (Lipinski definition) is 5. The molecule has 2 heterocycles. The number of nitrogens with one attached hydrogen (secondary N) is 4. The molecule has 0 aliphatic heterocycles. The number of nitrogen functional groups attached to an aromatic ring is 1. The number of amidine groups is 1. The lowest BCUT2D eigenvalue weighted by Crippen LogP contribution is -2.28. The second kappa shape index (κ2) is 9.07. The number of carbonyl (C=O) groups excluding carboxylic acids is 1. The normalized spacial score (nSPS) is 11.1. The summed E-state index contributed by atoms with van der Waals surface area (Å²) in [5.74, 6) is 2.03. The second-order valence-electron chi connectivity index (χ2n) is 7.92. The van der Waals surface area contributed by atoms with E-state index in [0.29, 0.717) is 24.3 Å². The van der Waals surface area contributed by atoms with E-state index in [-0.39, 0.29) is 18.3 Å².